The molecule has 0 amide bonds. The summed E-state index contributed by atoms with van der Waals surface area (Å²) in [7, 11) is 0. The van der Waals surface area contributed by atoms with E-state index in [1.807, 2.05) is 36.4 Å². The van der Waals surface area contributed by atoms with Crippen molar-refractivity contribution in [2.24, 2.45) is 0 Å². The van der Waals surface area contributed by atoms with Crippen molar-refractivity contribution in [3.63, 3.8) is 0 Å². The van der Waals surface area contributed by atoms with Crippen LogP contribution in [0.15, 0.2) is 103 Å². The molecule has 0 spiro atoms. The van der Waals surface area contributed by atoms with Crippen LogP contribution in [0.4, 0.5) is 0 Å². The van der Waals surface area contributed by atoms with Crippen LogP contribution in [0.5, 0.6) is 0 Å². The molecule has 30 heavy (non-hydrogen) atoms. The summed E-state index contributed by atoms with van der Waals surface area (Å²) < 4.78 is 14.9. The van der Waals surface area contributed by atoms with Crippen molar-refractivity contribution >= 4 is 64.6 Å². The normalized spacial score (nSPS) is 11.7. The molecule has 0 aliphatic heterocycles. The van der Waals surface area contributed by atoms with Crippen LogP contribution >= 0.6 is 31.9 Å². The zero-order valence-electron chi connectivity index (χ0n) is 15.7. The van der Waals surface area contributed by atoms with Gasteiger partial charge in [-0.05, 0) is 36.4 Å². The summed E-state index contributed by atoms with van der Waals surface area (Å²) in [5, 5.41) is 4.24. The highest BCUT2D eigenvalue weighted by molar-refractivity contribution is 9.10. The quantitative estimate of drug-likeness (QED) is 0.229. The molecule has 4 heteroatoms. The number of rotatable bonds is 2. The topological polar surface area (TPSA) is 26.3 Å². The van der Waals surface area contributed by atoms with Crippen LogP contribution in [-0.4, -0.2) is 0 Å². The molecule has 2 aromatic heterocycles. The van der Waals surface area contributed by atoms with E-state index >= 15 is 0 Å². The van der Waals surface area contributed by atoms with E-state index in [0.717, 1.165) is 64.3 Å². The van der Waals surface area contributed by atoms with Gasteiger partial charge in [0.05, 0.1) is 0 Å². The molecule has 0 atom stereocenters. The van der Waals surface area contributed by atoms with Crippen molar-refractivity contribution < 1.29 is 8.83 Å². The number of fused-ring (bicyclic) bond motifs is 6. The highest BCUT2D eigenvalue weighted by atomic mass is 79.9. The van der Waals surface area contributed by atoms with E-state index in [1.54, 1.807) is 0 Å². The number of furan rings is 2. The van der Waals surface area contributed by atoms with Gasteiger partial charge >= 0.3 is 0 Å². The predicted molar refractivity (Wildman–Crippen MR) is 130 cm³/mol. The third kappa shape index (κ3) is 2.83. The molecular weight excluding hydrogens is 504 g/mol. The minimum atomic E-state index is 0.849. The Morgan fingerprint density at radius 3 is 1.27 bits per heavy atom. The second kappa shape index (κ2) is 6.86. The lowest BCUT2D eigenvalue weighted by molar-refractivity contribution is 0.631. The summed E-state index contributed by atoms with van der Waals surface area (Å²) in [5.74, 6) is 1.70. The largest absolute Gasteiger partial charge is 0.455 e. The van der Waals surface area contributed by atoms with Gasteiger partial charge < -0.3 is 8.83 Å². The molecule has 2 nitrogen and oxygen atoms in total. The zero-order chi connectivity index (χ0) is 20.2. The maximum absolute atomic E-state index is 6.38. The summed E-state index contributed by atoms with van der Waals surface area (Å²) in [6.07, 6.45) is 0. The first-order valence-electron chi connectivity index (χ1n) is 9.57. The van der Waals surface area contributed by atoms with Gasteiger partial charge in [-0.15, -0.1) is 0 Å². The van der Waals surface area contributed by atoms with E-state index in [0.29, 0.717) is 0 Å². The van der Waals surface area contributed by atoms with Gasteiger partial charge in [0, 0.05) is 41.6 Å². The molecule has 0 saturated carbocycles. The fourth-order valence-corrected chi connectivity index (χ4v) is 4.50. The monoisotopic (exact) mass is 516 g/mol. The van der Waals surface area contributed by atoms with Crippen LogP contribution in [0.2, 0.25) is 0 Å². The van der Waals surface area contributed by atoms with Crippen molar-refractivity contribution in [2.75, 3.05) is 0 Å². The fourth-order valence-electron chi connectivity index (χ4n) is 3.97. The lowest BCUT2D eigenvalue weighted by Gasteiger charge is -2.00. The number of hydrogen-bond acceptors (Lipinski definition) is 2. The Bertz CT molecular complexity index is 1420. The first-order chi connectivity index (χ1) is 14.7. The molecule has 0 aliphatic carbocycles. The Morgan fingerprint density at radius 2 is 0.867 bits per heavy atom. The van der Waals surface area contributed by atoms with Crippen LogP contribution in [0.25, 0.3) is 55.4 Å². The average molecular weight is 518 g/mol. The van der Waals surface area contributed by atoms with E-state index in [2.05, 4.69) is 80.4 Å². The van der Waals surface area contributed by atoms with Gasteiger partial charge in [0.25, 0.3) is 0 Å². The summed E-state index contributed by atoms with van der Waals surface area (Å²) in [6.45, 7) is 0. The third-order valence-corrected chi connectivity index (χ3v) is 6.49. The van der Waals surface area contributed by atoms with Crippen LogP contribution in [0.3, 0.4) is 0 Å². The van der Waals surface area contributed by atoms with Gasteiger partial charge in [-0.1, -0.05) is 80.4 Å². The molecule has 0 fully saturated rings. The van der Waals surface area contributed by atoms with Gasteiger partial charge in [0.2, 0.25) is 0 Å². The van der Waals surface area contributed by atoms with Gasteiger partial charge in [-0.25, -0.2) is 0 Å². The third-order valence-electron chi connectivity index (χ3n) is 5.43. The molecule has 0 saturated heterocycles. The highest BCUT2D eigenvalue weighted by Crippen LogP contribution is 2.42. The van der Waals surface area contributed by atoms with Gasteiger partial charge in [-0.3, -0.25) is 0 Å². The second-order valence-electron chi connectivity index (χ2n) is 7.27. The van der Waals surface area contributed by atoms with Crippen LogP contribution < -0.4 is 0 Å². The summed E-state index contributed by atoms with van der Waals surface area (Å²) in [4.78, 5) is 0. The van der Waals surface area contributed by atoms with Gasteiger partial charge in [-0.2, -0.15) is 0 Å². The number of hydrogen-bond donors (Lipinski definition) is 0. The van der Waals surface area contributed by atoms with E-state index in [4.69, 9.17) is 8.83 Å². The predicted octanol–water partition coefficient (Wildman–Crippen LogP) is 9.19. The molecule has 6 rings (SSSR count). The van der Waals surface area contributed by atoms with Crippen molar-refractivity contribution in [3.05, 3.63) is 93.9 Å². The fraction of sp³-hybridized carbons (Fsp3) is 0. The smallest absolute Gasteiger partial charge is 0.143 e. The summed E-state index contributed by atoms with van der Waals surface area (Å²) >= 11 is 7.00. The summed E-state index contributed by atoms with van der Waals surface area (Å²) in [5.41, 5.74) is 3.87. The lowest BCUT2D eigenvalue weighted by Crippen LogP contribution is -1.75. The van der Waals surface area contributed by atoms with Crippen molar-refractivity contribution in [1.29, 1.82) is 0 Å². The first kappa shape index (κ1) is 18.0. The Morgan fingerprint density at radius 1 is 0.467 bits per heavy atom. The average Bonchev–Trinajstić information content (AvgIpc) is 3.40. The highest BCUT2D eigenvalue weighted by Gasteiger charge is 2.18. The molecular formula is C26H14Br2O2. The molecule has 0 unspecified atom stereocenters. The van der Waals surface area contributed by atoms with E-state index in [9.17, 15) is 0 Å². The molecule has 6 aromatic rings. The molecule has 0 radical (unpaired) electrons. The summed E-state index contributed by atoms with van der Waals surface area (Å²) in [6, 6.07) is 28.8. The molecule has 0 aliphatic rings. The molecule has 144 valence electrons. The van der Waals surface area contributed by atoms with Crippen molar-refractivity contribution in [1.82, 2.24) is 0 Å². The van der Waals surface area contributed by atoms with Crippen LogP contribution in [0, 0.1) is 0 Å². The first-order valence-corrected chi connectivity index (χ1v) is 11.2. The van der Waals surface area contributed by atoms with E-state index in [-0.39, 0.29) is 0 Å². The molecule has 2 heterocycles. The van der Waals surface area contributed by atoms with Gasteiger partial charge in [0.1, 0.15) is 22.7 Å². The van der Waals surface area contributed by atoms with Crippen molar-refractivity contribution in [3.8, 4) is 22.6 Å². The van der Waals surface area contributed by atoms with E-state index in [1.165, 1.54) is 0 Å². The Balaban J connectivity index is 1.67. The maximum Gasteiger partial charge on any atom is 0.143 e. The number of benzene rings is 4. The Labute approximate surface area is 189 Å². The minimum absolute atomic E-state index is 0.849. The lowest BCUT2D eigenvalue weighted by atomic mass is 10.0. The van der Waals surface area contributed by atoms with E-state index < -0.39 is 0 Å². The maximum atomic E-state index is 6.38. The molecule has 0 N–H and O–H groups in total. The Kier molecular flexibility index (Phi) is 4.12. The zero-order valence-corrected chi connectivity index (χ0v) is 18.8. The second-order valence-corrected chi connectivity index (χ2v) is 9.10. The van der Waals surface area contributed by atoms with Crippen molar-refractivity contribution in [2.45, 2.75) is 0 Å². The molecule has 4 aromatic carbocycles. The van der Waals surface area contributed by atoms with Gasteiger partial charge in [0.15, 0.2) is 0 Å². The number of halogens is 2. The Hall–Kier alpha value is -2.82. The molecule has 0 bridgehead atoms. The SMILES string of the molecule is Brc1ccc(-c2cc3c4cc(-c5ccc(Br)cc5)oc4c4ccccc4c3o2)cc1. The van der Waals surface area contributed by atoms with Crippen LogP contribution in [0.1, 0.15) is 0 Å². The van der Waals surface area contributed by atoms with Crippen LogP contribution in [-0.2, 0) is 0 Å². The minimum Gasteiger partial charge on any atom is -0.455 e. The standard InChI is InChI=1S/C26H14Br2O2/c27-17-9-5-15(6-10-17)23-13-21-22-14-24(16-7-11-18(28)12-8-16)30-26(22)20-4-2-1-3-19(20)25(21)29-23/h1-14H.